The van der Waals surface area contributed by atoms with Crippen LogP contribution in [0.25, 0.3) is 0 Å². The molecule has 0 fully saturated rings. The Hall–Kier alpha value is -0.0800. The van der Waals surface area contributed by atoms with Crippen molar-refractivity contribution in [2.24, 2.45) is 0 Å². The Balaban J connectivity index is 3.41. The largest absolute Gasteiger partial charge is 0.396 e. The van der Waals surface area contributed by atoms with Gasteiger partial charge in [0, 0.05) is 6.61 Å². The van der Waals surface area contributed by atoms with Crippen LogP contribution >= 0.6 is 0 Å². The van der Waals surface area contributed by atoms with Crippen LogP contribution in [0.5, 0.6) is 0 Å². The minimum Gasteiger partial charge on any atom is -0.396 e. The quantitative estimate of drug-likeness (QED) is 0.166. The van der Waals surface area contributed by atoms with Crippen LogP contribution in [-0.4, -0.2) is 36.2 Å². The fourth-order valence-corrected chi connectivity index (χ4v) is 4.05. The van der Waals surface area contributed by atoms with Crippen molar-refractivity contribution in [2.45, 2.75) is 142 Å². The monoisotopic (exact) mass is 397 g/mol. The molecule has 0 aromatic rings. The highest BCUT2D eigenvalue weighted by Gasteiger charge is 2.04. The number of nitrogens with zero attached hydrogens (tertiary/aromatic N) is 1. The summed E-state index contributed by atoms with van der Waals surface area (Å²) in [6.45, 7) is 8.81. The van der Waals surface area contributed by atoms with Crippen molar-refractivity contribution < 1.29 is 5.11 Å². The number of unbranched alkanes of at least 4 members (excludes halogenated alkanes) is 17. The summed E-state index contributed by atoms with van der Waals surface area (Å²) in [5.74, 6) is 0. The average Bonchev–Trinajstić information content (AvgIpc) is 2.71. The third-order valence-electron chi connectivity index (χ3n) is 6.04. The van der Waals surface area contributed by atoms with Crippen molar-refractivity contribution in [1.29, 1.82) is 0 Å². The smallest absolute Gasteiger partial charge is 0.0431 e. The second-order valence-corrected chi connectivity index (χ2v) is 8.93. The summed E-state index contributed by atoms with van der Waals surface area (Å²) in [6, 6.07) is 0. The lowest BCUT2D eigenvalue weighted by Gasteiger charge is -2.22. The van der Waals surface area contributed by atoms with E-state index in [-0.39, 0.29) is 0 Å². The summed E-state index contributed by atoms with van der Waals surface area (Å²) in [7, 11) is 0. The van der Waals surface area contributed by atoms with E-state index in [0.29, 0.717) is 6.61 Å². The highest BCUT2D eigenvalue weighted by atomic mass is 16.2. The number of hydrogen-bond donors (Lipinski definition) is 1. The third-order valence-corrected chi connectivity index (χ3v) is 6.04. The zero-order valence-electron chi connectivity index (χ0n) is 19.9. The Bertz CT molecular complexity index is 269. The Morgan fingerprint density at radius 2 is 0.714 bits per heavy atom. The SMILES string of the molecule is CCCCCCCCCCCCCCCCN(CCCC)CCCCCCO. The Labute approximate surface area is 178 Å². The predicted molar refractivity (Wildman–Crippen MR) is 127 cm³/mol. The summed E-state index contributed by atoms with van der Waals surface area (Å²) in [6.07, 6.45) is 27.6. The van der Waals surface area contributed by atoms with Gasteiger partial charge < -0.3 is 10.0 Å². The third kappa shape index (κ3) is 22.2. The van der Waals surface area contributed by atoms with Crippen molar-refractivity contribution >= 4 is 0 Å². The van der Waals surface area contributed by atoms with E-state index in [4.69, 9.17) is 5.11 Å². The molecule has 0 aliphatic heterocycles. The summed E-state index contributed by atoms with van der Waals surface area (Å²) in [5.41, 5.74) is 0. The molecule has 0 bridgehead atoms. The zero-order chi connectivity index (χ0) is 20.5. The van der Waals surface area contributed by atoms with Crippen LogP contribution in [0.1, 0.15) is 142 Å². The van der Waals surface area contributed by atoms with Gasteiger partial charge in [0.1, 0.15) is 0 Å². The van der Waals surface area contributed by atoms with Gasteiger partial charge in [0.05, 0.1) is 0 Å². The lowest BCUT2D eigenvalue weighted by molar-refractivity contribution is 0.251. The molecule has 1 N–H and O–H groups in total. The maximum absolute atomic E-state index is 8.88. The Morgan fingerprint density at radius 3 is 1.11 bits per heavy atom. The lowest BCUT2D eigenvalue weighted by atomic mass is 10.0. The molecule has 0 aromatic heterocycles. The first-order valence-electron chi connectivity index (χ1n) is 13.2. The Kier molecular flexibility index (Phi) is 24.9. The summed E-state index contributed by atoms with van der Waals surface area (Å²) in [4.78, 5) is 2.70. The van der Waals surface area contributed by atoms with Crippen LogP contribution in [0.2, 0.25) is 0 Å². The number of aliphatic hydroxyl groups is 1. The van der Waals surface area contributed by atoms with Gasteiger partial charge in [-0.05, 0) is 45.3 Å². The standard InChI is InChI=1S/C26H55NO/c1-3-5-7-8-9-10-11-12-13-14-15-16-17-20-24-27(23-6-4-2)25-21-18-19-22-26-28/h28H,3-26H2,1-2H3. The Morgan fingerprint density at radius 1 is 0.393 bits per heavy atom. The van der Waals surface area contributed by atoms with Crippen LogP contribution in [0.4, 0.5) is 0 Å². The molecular weight excluding hydrogens is 342 g/mol. The average molecular weight is 398 g/mol. The molecule has 0 aromatic carbocycles. The summed E-state index contributed by atoms with van der Waals surface area (Å²) < 4.78 is 0. The van der Waals surface area contributed by atoms with E-state index in [1.54, 1.807) is 0 Å². The molecule has 2 nitrogen and oxygen atoms in total. The highest BCUT2D eigenvalue weighted by molar-refractivity contribution is 4.59. The molecule has 28 heavy (non-hydrogen) atoms. The van der Waals surface area contributed by atoms with Gasteiger partial charge in [-0.1, -0.05) is 117 Å². The van der Waals surface area contributed by atoms with Crippen LogP contribution in [0.3, 0.4) is 0 Å². The second-order valence-electron chi connectivity index (χ2n) is 8.93. The fourth-order valence-electron chi connectivity index (χ4n) is 4.05. The minimum absolute atomic E-state index is 0.360. The number of hydrogen-bond acceptors (Lipinski definition) is 2. The second kappa shape index (κ2) is 25.0. The summed E-state index contributed by atoms with van der Waals surface area (Å²) >= 11 is 0. The first kappa shape index (κ1) is 27.9. The molecule has 170 valence electrons. The first-order chi connectivity index (χ1) is 13.8. The molecule has 2 heteroatoms. The van der Waals surface area contributed by atoms with Crippen molar-refractivity contribution in [3.8, 4) is 0 Å². The van der Waals surface area contributed by atoms with Gasteiger partial charge in [-0.2, -0.15) is 0 Å². The lowest BCUT2D eigenvalue weighted by Crippen LogP contribution is -2.27. The van der Waals surface area contributed by atoms with Crippen LogP contribution in [0, 0.1) is 0 Å². The van der Waals surface area contributed by atoms with E-state index in [1.165, 1.54) is 142 Å². The fraction of sp³-hybridized carbons (Fsp3) is 1.00. The van der Waals surface area contributed by atoms with Gasteiger partial charge in [0.2, 0.25) is 0 Å². The molecule has 0 saturated heterocycles. The first-order valence-corrected chi connectivity index (χ1v) is 13.2. The summed E-state index contributed by atoms with van der Waals surface area (Å²) in [5, 5.41) is 8.88. The number of rotatable bonds is 24. The van der Waals surface area contributed by atoms with Crippen molar-refractivity contribution in [3.05, 3.63) is 0 Å². The van der Waals surface area contributed by atoms with E-state index in [0.717, 1.165) is 6.42 Å². The molecule has 0 aliphatic carbocycles. The molecule has 0 amide bonds. The molecule has 0 spiro atoms. The predicted octanol–water partition coefficient (Wildman–Crippen LogP) is 8.12. The van der Waals surface area contributed by atoms with Crippen molar-refractivity contribution in [2.75, 3.05) is 26.2 Å². The maximum atomic E-state index is 8.88. The van der Waals surface area contributed by atoms with E-state index >= 15 is 0 Å². The van der Waals surface area contributed by atoms with Crippen LogP contribution in [0.15, 0.2) is 0 Å². The van der Waals surface area contributed by atoms with Crippen LogP contribution < -0.4 is 0 Å². The normalized spacial score (nSPS) is 11.6. The van der Waals surface area contributed by atoms with Gasteiger partial charge in [-0.25, -0.2) is 0 Å². The van der Waals surface area contributed by atoms with Gasteiger partial charge >= 0.3 is 0 Å². The molecule has 0 rings (SSSR count). The molecule has 0 radical (unpaired) electrons. The van der Waals surface area contributed by atoms with Gasteiger partial charge in [-0.15, -0.1) is 0 Å². The number of aliphatic hydroxyl groups excluding tert-OH is 1. The van der Waals surface area contributed by atoms with Crippen LogP contribution in [-0.2, 0) is 0 Å². The van der Waals surface area contributed by atoms with Gasteiger partial charge in [0.15, 0.2) is 0 Å². The topological polar surface area (TPSA) is 23.5 Å². The van der Waals surface area contributed by atoms with Gasteiger partial charge in [-0.3, -0.25) is 0 Å². The molecular formula is C26H55NO. The van der Waals surface area contributed by atoms with E-state index in [1.807, 2.05) is 0 Å². The molecule has 0 saturated carbocycles. The van der Waals surface area contributed by atoms with Crippen molar-refractivity contribution in [3.63, 3.8) is 0 Å². The highest BCUT2D eigenvalue weighted by Crippen LogP contribution is 2.13. The zero-order valence-corrected chi connectivity index (χ0v) is 19.9. The van der Waals surface area contributed by atoms with E-state index in [9.17, 15) is 0 Å². The maximum Gasteiger partial charge on any atom is 0.0431 e. The van der Waals surface area contributed by atoms with E-state index < -0.39 is 0 Å². The molecule has 0 heterocycles. The van der Waals surface area contributed by atoms with E-state index in [2.05, 4.69) is 18.7 Å². The van der Waals surface area contributed by atoms with Crippen molar-refractivity contribution in [1.82, 2.24) is 4.90 Å². The molecule has 0 unspecified atom stereocenters. The molecule has 0 aliphatic rings. The molecule has 0 atom stereocenters. The van der Waals surface area contributed by atoms with Gasteiger partial charge in [0.25, 0.3) is 0 Å². The minimum atomic E-state index is 0.360.